The average molecular weight is 304 g/mol. The van der Waals surface area contributed by atoms with Crippen molar-refractivity contribution in [1.29, 1.82) is 0 Å². The van der Waals surface area contributed by atoms with Gasteiger partial charge in [-0.2, -0.15) is 0 Å². The molecule has 0 radical (unpaired) electrons. The van der Waals surface area contributed by atoms with Crippen molar-refractivity contribution in [3.05, 3.63) is 29.8 Å². The number of hydrogen-bond donors (Lipinski definition) is 2. The molecule has 0 atom stereocenters. The van der Waals surface area contributed by atoms with Crippen LogP contribution in [0.25, 0.3) is 0 Å². The van der Waals surface area contributed by atoms with Gasteiger partial charge in [0.25, 0.3) is 5.91 Å². The van der Waals surface area contributed by atoms with Gasteiger partial charge >= 0.3 is 0 Å². The Balaban J connectivity index is 1.94. The molecule has 0 aliphatic heterocycles. The molecule has 1 aromatic rings. The molecule has 1 aliphatic carbocycles. The third-order valence-electron chi connectivity index (χ3n) is 4.71. The molecule has 22 heavy (non-hydrogen) atoms. The Labute approximate surface area is 133 Å². The zero-order chi connectivity index (χ0) is 16.0. The number of benzene rings is 1. The highest BCUT2D eigenvalue weighted by molar-refractivity contribution is 5.94. The zero-order valence-corrected chi connectivity index (χ0v) is 13.7. The predicted molar refractivity (Wildman–Crippen MR) is 89.2 cm³/mol. The fourth-order valence-corrected chi connectivity index (χ4v) is 2.77. The quantitative estimate of drug-likeness (QED) is 0.812. The number of nitrogens with two attached hydrogens (primary N) is 1. The first-order valence-electron chi connectivity index (χ1n) is 8.40. The van der Waals surface area contributed by atoms with Gasteiger partial charge in [-0.1, -0.05) is 19.9 Å². The van der Waals surface area contributed by atoms with E-state index in [1.807, 2.05) is 38.1 Å². The van der Waals surface area contributed by atoms with Gasteiger partial charge in [0.2, 0.25) is 0 Å². The van der Waals surface area contributed by atoms with Crippen molar-refractivity contribution >= 4 is 5.91 Å². The highest BCUT2D eigenvalue weighted by Crippen LogP contribution is 2.24. The Kier molecular flexibility index (Phi) is 5.83. The van der Waals surface area contributed by atoms with Crippen LogP contribution in [0.2, 0.25) is 0 Å². The molecule has 1 amide bonds. The van der Waals surface area contributed by atoms with E-state index >= 15 is 0 Å². The molecule has 3 N–H and O–H groups in total. The van der Waals surface area contributed by atoms with Crippen LogP contribution < -0.4 is 15.8 Å². The first-order valence-corrected chi connectivity index (χ1v) is 8.40. The average Bonchev–Trinajstić information content (AvgIpc) is 3.05. The minimum Gasteiger partial charge on any atom is -0.490 e. The molecule has 4 nitrogen and oxygen atoms in total. The summed E-state index contributed by atoms with van der Waals surface area (Å²) in [6.45, 7) is 4.59. The Bertz CT molecular complexity index is 492. The molecule has 0 saturated heterocycles. The summed E-state index contributed by atoms with van der Waals surface area (Å²) in [5, 5.41) is 2.94. The first kappa shape index (κ1) is 16.8. The van der Waals surface area contributed by atoms with Crippen LogP contribution in [0.3, 0.4) is 0 Å². The van der Waals surface area contributed by atoms with Gasteiger partial charge in [-0.3, -0.25) is 4.79 Å². The number of amides is 1. The van der Waals surface area contributed by atoms with E-state index in [1.54, 1.807) is 0 Å². The van der Waals surface area contributed by atoms with E-state index in [4.69, 9.17) is 10.5 Å². The summed E-state index contributed by atoms with van der Waals surface area (Å²) in [6, 6.07) is 7.42. The third-order valence-corrected chi connectivity index (χ3v) is 4.71. The Morgan fingerprint density at radius 3 is 2.64 bits per heavy atom. The highest BCUT2D eigenvalue weighted by atomic mass is 16.5. The maximum absolute atomic E-state index is 12.3. The zero-order valence-electron chi connectivity index (χ0n) is 13.7. The molecule has 0 heterocycles. The standard InChI is InChI=1S/C18H28N2O2/c1-3-18(19,4-2)13-20-17(21)14-8-7-11-16(12-14)22-15-9-5-6-10-15/h7-8,11-12,15H,3-6,9-10,13,19H2,1-2H3,(H,20,21). The van der Waals surface area contributed by atoms with Crippen LogP contribution in [0.4, 0.5) is 0 Å². The number of carbonyl (C=O) groups is 1. The van der Waals surface area contributed by atoms with Crippen molar-refractivity contribution in [2.45, 2.75) is 64.0 Å². The van der Waals surface area contributed by atoms with Gasteiger partial charge in [-0.15, -0.1) is 0 Å². The maximum atomic E-state index is 12.3. The molecule has 0 aromatic heterocycles. The highest BCUT2D eigenvalue weighted by Gasteiger charge is 2.21. The van der Waals surface area contributed by atoms with Crippen LogP contribution in [-0.2, 0) is 0 Å². The van der Waals surface area contributed by atoms with E-state index in [0.29, 0.717) is 18.2 Å². The van der Waals surface area contributed by atoms with Crippen LogP contribution in [0, 0.1) is 0 Å². The Morgan fingerprint density at radius 2 is 2.00 bits per heavy atom. The van der Waals surface area contributed by atoms with Gasteiger partial charge in [0.05, 0.1) is 6.10 Å². The van der Waals surface area contributed by atoms with E-state index in [-0.39, 0.29) is 11.4 Å². The third kappa shape index (κ3) is 4.47. The summed E-state index contributed by atoms with van der Waals surface area (Å²) in [6.07, 6.45) is 6.67. The van der Waals surface area contributed by atoms with Crippen molar-refractivity contribution in [2.24, 2.45) is 5.73 Å². The summed E-state index contributed by atoms with van der Waals surface area (Å²) in [4.78, 5) is 12.3. The monoisotopic (exact) mass is 304 g/mol. The van der Waals surface area contributed by atoms with Gasteiger partial charge in [-0.25, -0.2) is 0 Å². The second-order valence-electron chi connectivity index (χ2n) is 6.30. The molecule has 4 heteroatoms. The van der Waals surface area contributed by atoms with E-state index in [9.17, 15) is 4.79 Å². The summed E-state index contributed by atoms with van der Waals surface area (Å²) < 4.78 is 5.95. The second-order valence-corrected chi connectivity index (χ2v) is 6.30. The number of hydrogen-bond acceptors (Lipinski definition) is 3. The van der Waals surface area contributed by atoms with Crippen molar-refractivity contribution in [3.63, 3.8) is 0 Å². The molecule has 0 unspecified atom stereocenters. The van der Waals surface area contributed by atoms with Gasteiger partial charge < -0.3 is 15.8 Å². The van der Waals surface area contributed by atoms with Gasteiger partial charge in [-0.05, 0) is 56.7 Å². The SMILES string of the molecule is CCC(N)(CC)CNC(=O)c1cccc(OC2CCCC2)c1. The number of carbonyl (C=O) groups excluding carboxylic acids is 1. The van der Waals surface area contributed by atoms with Gasteiger partial charge in [0, 0.05) is 17.6 Å². The summed E-state index contributed by atoms with van der Waals surface area (Å²) >= 11 is 0. The van der Waals surface area contributed by atoms with Gasteiger partial charge in [0.1, 0.15) is 5.75 Å². The lowest BCUT2D eigenvalue weighted by Crippen LogP contribution is -2.49. The normalized spacial score (nSPS) is 15.8. The van der Waals surface area contributed by atoms with E-state index in [1.165, 1.54) is 12.8 Å². The van der Waals surface area contributed by atoms with Crippen LogP contribution >= 0.6 is 0 Å². The van der Waals surface area contributed by atoms with Crippen molar-refractivity contribution in [2.75, 3.05) is 6.54 Å². The van der Waals surface area contributed by atoms with E-state index in [2.05, 4.69) is 5.32 Å². The molecular weight excluding hydrogens is 276 g/mol. The first-order chi connectivity index (χ1) is 10.6. The number of ether oxygens (including phenoxy) is 1. The van der Waals surface area contributed by atoms with Crippen LogP contribution in [0.5, 0.6) is 5.75 Å². The van der Waals surface area contributed by atoms with Crippen molar-refractivity contribution in [3.8, 4) is 5.75 Å². The van der Waals surface area contributed by atoms with Gasteiger partial charge in [0.15, 0.2) is 0 Å². The molecule has 2 rings (SSSR count). The molecule has 1 aromatic carbocycles. The Hall–Kier alpha value is -1.55. The molecule has 1 fully saturated rings. The molecule has 1 saturated carbocycles. The lowest BCUT2D eigenvalue weighted by Gasteiger charge is -2.26. The molecule has 0 bridgehead atoms. The largest absolute Gasteiger partial charge is 0.490 e. The summed E-state index contributed by atoms with van der Waals surface area (Å²) in [5.74, 6) is 0.693. The molecule has 1 aliphatic rings. The lowest BCUT2D eigenvalue weighted by molar-refractivity contribution is 0.0941. The number of nitrogens with one attached hydrogen (secondary N) is 1. The Morgan fingerprint density at radius 1 is 1.32 bits per heavy atom. The van der Waals surface area contributed by atoms with Crippen LogP contribution in [-0.4, -0.2) is 24.1 Å². The van der Waals surface area contributed by atoms with E-state index in [0.717, 1.165) is 31.4 Å². The summed E-state index contributed by atoms with van der Waals surface area (Å²) in [7, 11) is 0. The maximum Gasteiger partial charge on any atom is 0.251 e. The van der Waals surface area contributed by atoms with Crippen molar-refractivity contribution < 1.29 is 9.53 Å². The molecule has 0 spiro atoms. The van der Waals surface area contributed by atoms with Crippen LogP contribution in [0.1, 0.15) is 62.7 Å². The second kappa shape index (κ2) is 7.63. The fraction of sp³-hybridized carbons (Fsp3) is 0.611. The van der Waals surface area contributed by atoms with Crippen LogP contribution in [0.15, 0.2) is 24.3 Å². The van der Waals surface area contributed by atoms with E-state index < -0.39 is 0 Å². The number of rotatable bonds is 7. The topological polar surface area (TPSA) is 64.3 Å². The molecular formula is C18H28N2O2. The summed E-state index contributed by atoms with van der Waals surface area (Å²) in [5.41, 5.74) is 6.53. The molecule has 122 valence electrons. The lowest BCUT2D eigenvalue weighted by atomic mass is 9.94. The minimum absolute atomic E-state index is 0.0893. The minimum atomic E-state index is -0.326. The fourth-order valence-electron chi connectivity index (χ4n) is 2.77. The smallest absolute Gasteiger partial charge is 0.251 e. The predicted octanol–water partition coefficient (Wildman–Crippen LogP) is 3.26. The van der Waals surface area contributed by atoms with Crippen molar-refractivity contribution in [1.82, 2.24) is 5.32 Å².